The Morgan fingerprint density at radius 2 is 2.00 bits per heavy atom. The third-order valence-corrected chi connectivity index (χ3v) is 1.93. The van der Waals surface area contributed by atoms with Crippen LogP contribution in [0.2, 0.25) is 0 Å². The summed E-state index contributed by atoms with van der Waals surface area (Å²) in [5, 5.41) is 1.32. The highest BCUT2D eigenvalue weighted by Gasteiger charge is 2.33. The molecule has 0 aromatic carbocycles. The van der Waals surface area contributed by atoms with Gasteiger partial charge in [0.05, 0.1) is 6.61 Å². The lowest BCUT2D eigenvalue weighted by Gasteiger charge is -1.99. The van der Waals surface area contributed by atoms with Crippen molar-refractivity contribution in [2.24, 2.45) is 0 Å². The van der Waals surface area contributed by atoms with Gasteiger partial charge in [0, 0.05) is 12.5 Å². The lowest BCUT2D eigenvalue weighted by molar-refractivity contribution is -0.140. The van der Waals surface area contributed by atoms with E-state index in [2.05, 4.69) is 9.72 Å². The molecule has 0 N–H and O–H groups in total. The lowest BCUT2D eigenvalue weighted by Crippen LogP contribution is -2.05. The molecule has 0 saturated heterocycles. The summed E-state index contributed by atoms with van der Waals surface area (Å²) in [5.74, 6) is 0. The molecule has 0 amide bonds. The highest BCUT2D eigenvalue weighted by atomic mass is 32.1. The minimum Gasteiger partial charge on any atom is -0.378 e. The number of alkyl halides is 3. The van der Waals surface area contributed by atoms with Gasteiger partial charge in [-0.2, -0.15) is 13.2 Å². The molecule has 82 valence electrons. The SMILES string of the molecule is CC.COCc1nc(C(F)(F)F)cs1. The van der Waals surface area contributed by atoms with E-state index in [0.29, 0.717) is 5.01 Å². The van der Waals surface area contributed by atoms with Crippen molar-refractivity contribution in [2.45, 2.75) is 26.6 Å². The summed E-state index contributed by atoms with van der Waals surface area (Å²) in [5.41, 5.74) is -0.848. The van der Waals surface area contributed by atoms with Gasteiger partial charge in [-0.15, -0.1) is 11.3 Å². The average molecular weight is 227 g/mol. The van der Waals surface area contributed by atoms with Crippen molar-refractivity contribution >= 4 is 11.3 Å². The summed E-state index contributed by atoms with van der Waals surface area (Å²) in [6, 6.07) is 0. The van der Waals surface area contributed by atoms with Gasteiger partial charge in [0.2, 0.25) is 0 Å². The molecule has 14 heavy (non-hydrogen) atoms. The van der Waals surface area contributed by atoms with Crippen molar-refractivity contribution in [1.29, 1.82) is 0 Å². The summed E-state index contributed by atoms with van der Waals surface area (Å²) in [7, 11) is 1.41. The van der Waals surface area contributed by atoms with Gasteiger partial charge in [0.15, 0.2) is 5.69 Å². The van der Waals surface area contributed by atoms with E-state index in [4.69, 9.17) is 0 Å². The van der Waals surface area contributed by atoms with E-state index in [-0.39, 0.29) is 6.61 Å². The van der Waals surface area contributed by atoms with Crippen LogP contribution in [0.4, 0.5) is 13.2 Å². The second kappa shape index (κ2) is 5.98. The summed E-state index contributed by atoms with van der Waals surface area (Å²) in [6.07, 6.45) is -4.34. The number of hydrogen-bond donors (Lipinski definition) is 0. The molecular formula is C8H12F3NOS. The molecule has 0 spiro atoms. The van der Waals surface area contributed by atoms with Crippen molar-refractivity contribution in [3.05, 3.63) is 16.1 Å². The molecule has 0 unspecified atom stereocenters. The number of rotatable bonds is 2. The Bertz CT molecular complexity index is 259. The van der Waals surface area contributed by atoms with Gasteiger partial charge >= 0.3 is 6.18 Å². The van der Waals surface area contributed by atoms with Gasteiger partial charge in [-0.3, -0.25) is 0 Å². The van der Waals surface area contributed by atoms with Crippen LogP contribution in [-0.2, 0) is 17.5 Å². The molecule has 0 aliphatic carbocycles. The van der Waals surface area contributed by atoms with Crippen molar-refractivity contribution < 1.29 is 17.9 Å². The number of ether oxygens (including phenoxy) is 1. The monoisotopic (exact) mass is 227 g/mol. The Balaban J connectivity index is 0.000000791. The largest absolute Gasteiger partial charge is 0.434 e. The Hall–Kier alpha value is -0.620. The quantitative estimate of drug-likeness (QED) is 0.773. The van der Waals surface area contributed by atoms with Crippen molar-refractivity contribution in [1.82, 2.24) is 4.98 Å². The molecule has 2 nitrogen and oxygen atoms in total. The van der Waals surface area contributed by atoms with Crippen molar-refractivity contribution in [2.75, 3.05) is 7.11 Å². The molecule has 1 aromatic rings. The molecule has 1 rings (SSSR count). The smallest absolute Gasteiger partial charge is 0.378 e. The second-order valence-electron chi connectivity index (χ2n) is 2.06. The van der Waals surface area contributed by atoms with Crippen LogP contribution in [0, 0.1) is 0 Å². The first-order valence-electron chi connectivity index (χ1n) is 4.04. The predicted molar refractivity (Wildman–Crippen MR) is 49.2 cm³/mol. The molecule has 6 heteroatoms. The summed E-state index contributed by atoms with van der Waals surface area (Å²) >= 11 is 0.945. The molecule has 0 aliphatic heterocycles. The molecule has 1 heterocycles. The van der Waals surface area contributed by atoms with E-state index in [0.717, 1.165) is 16.7 Å². The topological polar surface area (TPSA) is 22.1 Å². The van der Waals surface area contributed by atoms with Gasteiger partial charge in [-0.05, 0) is 0 Å². The second-order valence-corrected chi connectivity index (χ2v) is 3.00. The standard InChI is InChI=1S/C6H6F3NOS.C2H6/c1-11-2-5-10-4(3-12-5)6(7,8)9;1-2/h3H,2H2,1H3;1-2H3. The maximum Gasteiger partial charge on any atom is 0.434 e. The van der Waals surface area contributed by atoms with Crippen LogP contribution in [0.1, 0.15) is 24.5 Å². The fourth-order valence-electron chi connectivity index (χ4n) is 0.631. The molecular weight excluding hydrogens is 215 g/mol. The van der Waals surface area contributed by atoms with Gasteiger partial charge in [-0.25, -0.2) is 4.98 Å². The van der Waals surface area contributed by atoms with Crippen molar-refractivity contribution in [3.63, 3.8) is 0 Å². The van der Waals surface area contributed by atoms with Gasteiger partial charge in [0.1, 0.15) is 5.01 Å². The highest BCUT2D eigenvalue weighted by Crippen LogP contribution is 2.29. The first kappa shape index (κ1) is 13.4. The first-order valence-corrected chi connectivity index (χ1v) is 4.92. The van der Waals surface area contributed by atoms with Gasteiger partial charge in [-0.1, -0.05) is 13.8 Å². The van der Waals surface area contributed by atoms with Crippen LogP contribution in [0.25, 0.3) is 0 Å². The van der Waals surface area contributed by atoms with Crippen LogP contribution in [0.15, 0.2) is 5.38 Å². The third-order valence-electron chi connectivity index (χ3n) is 1.11. The fraction of sp³-hybridized carbons (Fsp3) is 0.625. The zero-order valence-corrected chi connectivity index (χ0v) is 9.00. The van der Waals surface area contributed by atoms with E-state index < -0.39 is 11.9 Å². The molecule has 0 bridgehead atoms. The number of methoxy groups -OCH3 is 1. The molecule has 0 fully saturated rings. The maximum atomic E-state index is 11.9. The van der Waals surface area contributed by atoms with Crippen LogP contribution in [0.3, 0.4) is 0 Å². The highest BCUT2D eigenvalue weighted by molar-refractivity contribution is 7.09. The van der Waals surface area contributed by atoms with Crippen LogP contribution in [0.5, 0.6) is 0 Å². The average Bonchev–Trinajstić information content (AvgIpc) is 2.56. The molecule has 1 aromatic heterocycles. The van der Waals surface area contributed by atoms with E-state index in [1.165, 1.54) is 7.11 Å². The number of hydrogen-bond acceptors (Lipinski definition) is 3. The third kappa shape index (κ3) is 4.06. The first-order chi connectivity index (χ1) is 6.54. The Morgan fingerprint density at radius 1 is 1.43 bits per heavy atom. The van der Waals surface area contributed by atoms with Gasteiger partial charge < -0.3 is 4.74 Å². The Kier molecular flexibility index (Phi) is 5.71. The minimum atomic E-state index is -4.34. The van der Waals surface area contributed by atoms with E-state index >= 15 is 0 Å². The maximum absolute atomic E-state index is 11.9. The predicted octanol–water partition coefficient (Wildman–Crippen LogP) is 3.33. The van der Waals surface area contributed by atoms with Crippen LogP contribution >= 0.6 is 11.3 Å². The normalized spacial score (nSPS) is 10.7. The number of halogens is 3. The van der Waals surface area contributed by atoms with Crippen molar-refractivity contribution in [3.8, 4) is 0 Å². The van der Waals surface area contributed by atoms with Crippen LogP contribution in [-0.4, -0.2) is 12.1 Å². The number of thiazole rings is 1. The molecule has 0 atom stereocenters. The summed E-state index contributed by atoms with van der Waals surface area (Å²) < 4.78 is 40.5. The summed E-state index contributed by atoms with van der Waals surface area (Å²) in [4.78, 5) is 3.34. The minimum absolute atomic E-state index is 0.126. The molecule has 0 saturated carbocycles. The van der Waals surface area contributed by atoms with E-state index in [1.807, 2.05) is 13.8 Å². The zero-order valence-electron chi connectivity index (χ0n) is 8.18. The van der Waals surface area contributed by atoms with Crippen LogP contribution < -0.4 is 0 Å². The molecule has 0 radical (unpaired) electrons. The Labute approximate surface area is 84.7 Å². The number of nitrogens with zero attached hydrogens (tertiary/aromatic N) is 1. The fourth-order valence-corrected chi connectivity index (χ4v) is 1.40. The van der Waals surface area contributed by atoms with E-state index in [9.17, 15) is 13.2 Å². The lowest BCUT2D eigenvalue weighted by atomic mass is 10.5. The Morgan fingerprint density at radius 3 is 2.36 bits per heavy atom. The summed E-state index contributed by atoms with van der Waals surface area (Å²) in [6.45, 7) is 4.13. The number of aromatic nitrogens is 1. The van der Waals surface area contributed by atoms with Gasteiger partial charge in [0.25, 0.3) is 0 Å². The van der Waals surface area contributed by atoms with E-state index in [1.54, 1.807) is 0 Å². The molecule has 0 aliphatic rings. The zero-order chi connectivity index (χ0) is 11.2.